The maximum Gasteiger partial charge on any atom is 0.280 e. The average Bonchev–Trinajstić information content (AvgIpc) is 2.65. The number of aryl methyl sites for hydroxylation is 1. The Hall–Kier alpha value is -1.84. The van der Waals surface area contributed by atoms with Crippen LogP contribution in [0.1, 0.15) is 67.6 Å². The molecule has 4 heteroatoms. The van der Waals surface area contributed by atoms with E-state index in [-0.39, 0.29) is 5.56 Å². The number of hydrogen-bond acceptors (Lipinski definition) is 3. The first-order valence-corrected chi connectivity index (χ1v) is 9.32. The van der Waals surface area contributed by atoms with Crippen molar-refractivity contribution >= 4 is 10.9 Å². The van der Waals surface area contributed by atoms with Crippen LogP contribution in [0.2, 0.25) is 0 Å². The molecule has 1 aromatic carbocycles. The largest absolute Gasteiger partial charge is 0.312 e. The molecule has 0 aliphatic rings. The Kier molecular flexibility index (Phi) is 15.0. The predicted octanol–water partition coefficient (Wildman–Crippen LogP) is 5.02. The molecule has 2 aromatic rings. The van der Waals surface area contributed by atoms with Gasteiger partial charge in [-0.1, -0.05) is 67.0 Å². The molecule has 0 saturated heterocycles. The van der Waals surface area contributed by atoms with Crippen LogP contribution in [0.5, 0.6) is 0 Å². The highest BCUT2D eigenvalue weighted by molar-refractivity contribution is 5.77. The molecule has 0 aliphatic heterocycles. The molecule has 0 amide bonds. The molecule has 0 N–H and O–H groups in total. The van der Waals surface area contributed by atoms with Gasteiger partial charge in [0, 0.05) is 20.0 Å². The maximum absolute atomic E-state index is 12.4. The van der Waals surface area contributed by atoms with Gasteiger partial charge in [-0.15, -0.1) is 0 Å². The minimum absolute atomic E-state index is 0.0109. The predicted molar refractivity (Wildman–Crippen MR) is 109 cm³/mol. The number of para-hydroxylation sites is 1. The van der Waals surface area contributed by atoms with Crippen molar-refractivity contribution in [1.82, 2.24) is 9.66 Å². The molecule has 1 aromatic heterocycles. The van der Waals surface area contributed by atoms with Crippen LogP contribution >= 0.6 is 0 Å². The third kappa shape index (κ3) is 6.73. The Morgan fingerprint density at radius 3 is 1.96 bits per heavy atom. The summed E-state index contributed by atoms with van der Waals surface area (Å²) in [6, 6.07) is 7.48. The van der Waals surface area contributed by atoms with Gasteiger partial charge in [0.1, 0.15) is 5.82 Å². The number of aromatic nitrogens is 2. The van der Waals surface area contributed by atoms with E-state index < -0.39 is 0 Å². The lowest BCUT2D eigenvalue weighted by molar-refractivity contribution is 0.604. The molecule has 0 atom stereocenters. The molecule has 2 rings (SSSR count). The monoisotopic (exact) mass is 335 g/mol. The van der Waals surface area contributed by atoms with Crippen molar-refractivity contribution in [3.63, 3.8) is 0 Å². The van der Waals surface area contributed by atoms with Crippen molar-refractivity contribution in [1.29, 1.82) is 0 Å². The molecule has 0 aliphatic carbocycles. The Labute approximate surface area is 148 Å². The topological polar surface area (TPSA) is 38.1 Å². The summed E-state index contributed by atoms with van der Waals surface area (Å²) in [5.41, 5.74) is 0.784. The van der Waals surface area contributed by atoms with E-state index in [4.69, 9.17) is 0 Å². The van der Waals surface area contributed by atoms with Crippen molar-refractivity contribution in [3.8, 4) is 0 Å². The second kappa shape index (κ2) is 14.7. The van der Waals surface area contributed by atoms with Crippen LogP contribution in [0, 0.1) is 0 Å². The minimum atomic E-state index is 0.0109. The fraction of sp³-hybridized carbons (Fsp3) is 0.600. The first kappa shape index (κ1) is 24.4. The zero-order valence-corrected chi connectivity index (χ0v) is 17.2. The van der Waals surface area contributed by atoms with Gasteiger partial charge in [-0.25, -0.2) is 9.66 Å². The van der Waals surface area contributed by atoms with E-state index in [1.807, 2.05) is 77.9 Å². The van der Waals surface area contributed by atoms with Crippen LogP contribution in [0.15, 0.2) is 29.1 Å². The second-order valence-corrected chi connectivity index (χ2v) is 4.70. The third-order valence-corrected chi connectivity index (χ3v) is 2.94. The quantitative estimate of drug-likeness (QED) is 0.791. The Bertz CT molecular complexity index is 605. The summed E-state index contributed by atoms with van der Waals surface area (Å²) in [5, 5.41) is 2.56. The van der Waals surface area contributed by atoms with Crippen molar-refractivity contribution in [2.24, 2.45) is 0 Å². The summed E-state index contributed by atoms with van der Waals surface area (Å²) in [7, 11) is 1.90. The molecule has 0 fully saturated rings. The van der Waals surface area contributed by atoms with Gasteiger partial charge in [-0.3, -0.25) is 4.79 Å². The molecule has 24 heavy (non-hydrogen) atoms. The molecule has 138 valence electrons. The van der Waals surface area contributed by atoms with Crippen LogP contribution < -0.4 is 10.6 Å². The second-order valence-electron chi connectivity index (χ2n) is 4.70. The van der Waals surface area contributed by atoms with Gasteiger partial charge in [-0.05, 0) is 19.1 Å². The minimum Gasteiger partial charge on any atom is -0.312 e. The van der Waals surface area contributed by atoms with Crippen molar-refractivity contribution in [2.45, 2.75) is 68.2 Å². The molecule has 0 spiro atoms. The molecule has 4 nitrogen and oxygen atoms in total. The highest BCUT2D eigenvalue weighted by Gasteiger charge is 2.11. The summed E-state index contributed by atoms with van der Waals surface area (Å²) in [6.07, 6.45) is 1.99. The first-order valence-electron chi connectivity index (χ1n) is 9.32. The van der Waals surface area contributed by atoms with Crippen LogP contribution in [0.25, 0.3) is 10.9 Å². The van der Waals surface area contributed by atoms with Crippen LogP contribution in [-0.4, -0.2) is 23.3 Å². The lowest BCUT2D eigenvalue weighted by Crippen LogP contribution is -2.41. The summed E-state index contributed by atoms with van der Waals surface area (Å²) < 4.78 is 1.67. The lowest BCUT2D eigenvalue weighted by atomic mass is 10.2. The molecule has 0 radical (unpaired) electrons. The molecule has 0 unspecified atom stereocenters. The van der Waals surface area contributed by atoms with Crippen LogP contribution in [-0.2, 0) is 6.42 Å². The number of fused-ring (bicyclic) bond motifs is 1. The highest BCUT2D eigenvalue weighted by atomic mass is 16.1. The van der Waals surface area contributed by atoms with E-state index in [9.17, 15) is 4.79 Å². The van der Waals surface area contributed by atoms with Crippen LogP contribution in [0.4, 0.5) is 0 Å². The molecule has 0 saturated carbocycles. The molecular formula is C20H37N3O. The zero-order chi connectivity index (χ0) is 19.1. The van der Waals surface area contributed by atoms with E-state index in [1.165, 1.54) is 6.42 Å². The number of benzene rings is 1. The smallest absolute Gasteiger partial charge is 0.280 e. The van der Waals surface area contributed by atoms with E-state index in [0.717, 1.165) is 24.3 Å². The van der Waals surface area contributed by atoms with E-state index in [0.29, 0.717) is 5.39 Å². The van der Waals surface area contributed by atoms with Gasteiger partial charge in [0.2, 0.25) is 0 Å². The Morgan fingerprint density at radius 2 is 1.50 bits per heavy atom. The molecule has 1 heterocycles. The van der Waals surface area contributed by atoms with Crippen molar-refractivity contribution < 1.29 is 0 Å². The highest BCUT2D eigenvalue weighted by Crippen LogP contribution is 2.08. The van der Waals surface area contributed by atoms with Gasteiger partial charge in [0.15, 0.2) is 0 Å². The molecule has 0 bridgehead atoms. The SMILES string of the molecule is CC.CC.CCC.CCc1nc2ccccc2c(=O)n1N(C)CC. The Balaban J connectivity index is 0. The average molecular weight is 336 g/mol. The number of nitrogens with zero attached hydrogens (tertiary/aromatic N) is 3. The van der Waals surface area contributed by atoms with Gasteiger partial charge < -0.3 is 5.01 Å². The van der Waals surface area contributed by atoms with Gasteiger partial charge >= 0.3 is 0 Å². The van der Waals surface area contributed by atoms with Crippen LogP contribution in [0.3, 0.4) is 0 Å². The third-order valence-electron chi connectivity index (χ3n) is 2.94. The van der Waals surface area contributed by atoms with Gasteiger partial charge in [0.25, 0.3) is 5.56 Å². The fourth-order valence-electron chi connectivity index (χ4n) is 1.89. The van der Waals surface area contributed by atoms with E-state index in [2.05, 4.69) is 18.8 Å². The van der Waals surface area contributed by atoms with E-state index in [1.54, 1.807) is 4.68 Å². The first-order chi connectivity index (χ1) is 11.6. The molecular weight excluding hydrogens is 298 g/mol. The van der Waals surface area contributed by atoms with E-state index >= 15 is 0 Å². The number of hydrogen-bond donors (Lipinski definition) is 0. The normalized spacial score (nSPS) is 8.88. The fourth-order valence-corrected chi connectivity index (χ4v) is 1.89. The van der Waals surface area contributed by atoms with Crippen molar-refractivity contribution in [3.05, 3.63) is 40.4 Å². The summed E-state index contributed by atoms with van der Waals surface area (Å²) in [5.74, 6) is 0.804. The number of rotatable bonds is 3. The Morgan fingerprint density at radius 1 is 1.00 bits per heavy atom. The maximum atomic E-state index is 12.4. The summed E-state index contributed by atoms with van der Waals surface area (Å²) in [6.45, 7) is 17.0. The lowest BCUT2D eigenvalue weighted by Gasteiger charge is -2.22. The van der Waals surface area contributed by atoms with Gasteiger partial charge in [0.05, 0.1) is 10.9 Å². The zero-order valence-electron chi connectivity index (χ0n) is 17.2. The van der Waals surface area contributed by atoms with Crippen molar-refractivity contribution in [2.75, 3.05) is 18.6 Å². The van der Waals surface area contributed by atoms with Gasteiger partial charge in [-0.2, -0.15) is 0 Å². The standard InChI is InChI=1S/C13H17N3O.C3H8.2C2H6/c1-4-12-14-11-9-7-6-8-10(11)13(17)16(12)15(3)5-2;1-3-2;2*1-2/h6-9H,4-5H2,1-3H3;3H2,1-2H3;2*1-2H3. The summed E-state index contributed by atoms with van der Waals surface area (Å²) in [4.78, 5) is 16.9. The summed E-state index contributed by atoms with van der Waals surface area (Å²) >= 11 is 0.